The van der Waals surface area contributed by atoms with Gasteiger partial charge in [0.2, 0.25) is 0 Å². The summed E-state index contributed by atoms with van der Waals surface area (Å²) in [6.07, 6.45) is 1.24. The summed E-state index contributed by atoms with van der Waals surface area (Å²) in [5.41, 5.74) is 7.61. The normalized spacial score (nSPS) is 25.7. The molecule has 2 heterocycles. The Balaban J connectivity index is 1.73. The molecule has 2 aliphatic rings. The Bertz CT molecular complexity index is 509. The van der Waals surface area contributed by atoms with Gasteiger partial charge in [0.25, 0.3) is 0 Å². The average molecular weight is 291 g/mol. The van der Waals surface area contributed by atoms with Crippen molar-refractivity contribution in [1.82, 2.24) is 4.90 Å². The third-order valence-electron chi connectivity index (χ3n) is 4.07. The summed E-state index contributed by atoms with van der Waals surface area (Å²) in [4.78, 5) is 15.1. The van der Waals surface area contributed by atoms with Gasteiger partial charge in [-0.2, -0.15) is 0 Å². The van der Waals surface area contributed by atoms with Crippen LogP contribution in [0.4, 0.5) is 11.4 Å². The van der Waals surface area contributed by atoms with Gasteiger partial charge in [0, 0.05) is 37.9 Å². The molecule has 0 spiro atoms. The Morgan fingerprint density at radius 1 is 1.33 bits per heavy atom. The van der Waals surface area contributed by atoms with E-state index in [0.29, 0.717) is 18.0 Å². The zero-order valence-corrected chi connectivity index (χ0v) is 12.2. The zero-order chi connectivity index (χ0) is 14.8. The first-order chi connectivity index (χ1) is 10.2. The predicted molar refractivity (Wildman–Crippen MR) is 80.8 cm³/mol. The molecule has 0 radical (unpaired) electrons. The van der Waals surface area contributed by atoms with Gasteiger partial charge in [-0.15, -0.1) is 0 Å². The minimum atomic E-state index is 0.140. The van der Waals surface area contributed by atoms with Crippen LogP contribution in [-0.4, -0.2) is 63.2 Å². The van der Waals surface area contributed by atoms with Gasteiger partial charge in [0.05, 0.1) is 31.5 Å². The van der Waals surface area contributed by atoms with Crippen LogP contribution < -0.4 is 15.4 Å². The van der Waals surface area contributed by atoms with E-state index in [1.165, 1.54) is 0 Å². The number of aldehydes is 1. The Morgan fingerprint density at radius 2 is 2.05 bits per heavy atom. The number of methoxy groups -OCH3 is 1. The van der Waals surface area contributed by atoms with Crippen molar-refractivity contribution in [2.45, 2.75) is 12.2 Å². The van der Waals surface area contributed by atoms with Crippen LogP contribution >= 0.6 is 0 Å². The Labute approximate surface area is 124 Å². The van der Waals surface area contributed by atoms with Gasteiger partial charge in [0.1, 0.15) is 12.0 Å². The molecule has 2 bridgehead atoms. The third kappa shape index (κ3) is 2.96. The topological polar surface area (TPSA) is 68.0 Å². The number of benzene rings is 1. The number of hydrogen-bond donors (Lipinski definition) is 1. The maximum absolute atomic E-state index is 10.7. The van der Waals surface area contributed by atoms with Gasteiger partial charge in [-0.05, 0) is 12.1 Å². The molecule has 0 aliphatic carbocycles. The van der Waals surface area contributed by atoms with E-state index in [0.717, 1.165) is 38.2 Å². The van der Waals surface area contributed by atoms with Gasteiger partial charge in [-0.25, -0.2) is 0 Å². The molecule has 0 amide bonds. The monoisotopic (exact) mass is 291 g/mol. The predicted octanol–water partition coefficient (Wildman–Crippen LogP) is 0.366. The second-order valence-electron chi connectivity index (χ2n) is 5.60. The molecule has 2 saturated heterocycles. The van der Waals surface area contributed by atoms with E-state index in [9.17, 15) is 4.79 Å². The molecule has 6 nitrogen and oxygen atoms in total. The van der Waals surface area contributed by atoms with Gasteiger partial charge in [-0.3, -0.25) is 4.90 Å². The fourth-order valence-electron chi connectivity index (χ4n) is 3.14. The summed E-state index contributed by atoms with van der Waals surface area (Å²) in [5, 5.41) is 0. The van der Waals surface area contributed by atoms with Crippen LogP contribution in [0, 0.1) is 0 Å². The van der Waals surface area contributed by atoms with Crippen LogP contribution in [0.2, 0.25) is 0 Å². The molecule has 1 aromatic rings. The highest BCUT2D eigenvalue weighted by Gasteiger charge is 2.34. The number of ether oxygens (including phenoxy) is 2. The van der Waals surface area contributed by atoms with Crippen molar-refractivity contribution in [2.75, 3.05) is 50.5 Å². The Kier molecular flexibility index (Phi) is 3.98. The highest BCUT2D eigenvalue weighted by Crippen LogP contribution is 2.30. The lowest BCUT2D eigenvalue weighted by atomic mass is 10.1. The standard InChI is InChI=1S/C15H21N3O3/c1-20-15-6-11(2-3-14(15)16)18-9-12-7-17(4-5-19)8-13(10-18)21-12/h2-3,5-6,12-13H,4,7-10,16H2,1H3. The lowest BCUT2D eigenvalue weighted by molar-refractivity contribution is -0.116. The minimum absolute atomic E-state index is 0.140. The lowest BCUT2D eigenvalue weighted by Gasteiger charge is -2.46. The first-order valence-electron chi connectivity index (χ1n) is 7.19. The van der Waals surface area contributed by atoms with Gasteiger partial charge in [-0.1, -0.05) is 0 Å². The number of rotatable bonds is 4. The molecular weight excluding hydrogens is 270 g/mol. The molecule has 114 valence electrons. The summed E-state index contributed by atoms with van der Waals surface area (Å²) >= 11 is 0. The number of anilines is 2. The van der Waals surface area contributed by atoms with Crippen LogP contribution in [0.1, 0.15) is 0 Å². The molecule has 2 atom stereocenters. The number of nitrogens with zero attached hydrogens (tertiary/aromatic N) is 2. The number of carbonyl (C=O) groups excluding carboxylic acids is 1. The van der Waals surface area contributed by atoms with Crippen molar-refractivity contribution < 1.29 is 14.3 Å². The smallest absolute Gasteiger partial charge is 0.143 e. The van der Waals surface area contributed by atoms with Crippen molar-refractivity contribution >= 4 is 17.7 Å². The number of morpholine rings is 2. The molecule has 6 heteroatoms. The van der Waals surface area contributed by atoms with Crippen molar-refractivity contribution in [3.8, 4) is 5.75 Å². The number of hydrogen-bond acceptors (Lipinski definition) is 6. The summed E-state index contributed by atoms with van der Waals surface area (Å²) in [7, 11) is 1.63. The quantitative estimate of drug-likeness (QED) is 0.638. The second-order valence-corrected chi connectivity index (χ2v) is 5.60. The van der Waals surface area contributed by atoms with Crippen LogP contribution in [0.5, 0.6) is 5.75 Å². The highest BCUT2D eigenvalue weighted by atomic mass is 16.5. The molecule has 3 rings (SSSR count). The Hall–Kier alpha value is -1.79. The summed E-state index contributed by atoms with van der Waals surface area (Å²) in [6.45, 7) is 3.74. The van der Waals surface area contributed by atoms with Crippen LogP contribution in [0.3, 0.4) is 0 Å². The lowest BCUT2D eigenvalue weighted by Crippen LogP contribution is -2.59. The van der Waals surface area contributed by atoms with Crippen molar-refractivity contribution in [3.05, 3.63) is 18.2 Å². The second kappa shape index (κ2) is 5.91. The van der Waals surface area contributed by atoms with Crippen molar-refractivity contribution in [2.24, 2.45) is 0 Å². The minimum Gasteiger partial charge on any atom is -0.495 e. The first-order valence-corrected chi connectivity index (χ1v) is 7.19. The summed E-state index contributed by atoms with van der Waals surface area (Å²) in [6, 6.07) is 5.86. The summed E-state index contributed by atoms with van der Waals surface area (Å²) in [5.74, 6) is 0.701. The first kappa shape index (κ1) is 14.2. The van der Waals surface area contributed by atoms with E-state index in [1.54, 1.807) is 7.11 Å². The molecule has 21 heavy (non-hydrogen) atoms. The highest BCUT2D eigenvalue weighted by molar-refractivity contribution is 5.62. The third-order valence-corrected chi connectivity index (χ3v) is 4.07. The van der Waals surface area contributed by atoms with Gasteiger partial charge in [0.15, 0.2) is 0 Å². The van der Waals surface area contributed by atoms with Gasteiger partial charge < -0.3 is 24.9 Å². The number of fused-ring (bicyclic) bond motifs is 2. The number of carbonyl (C=O) groups is 1. The molecule has 2 N–H and O–H groups in total. The molecule has 2 fully saturated rings. The summed E-state index contributed by atoms with van der Waals surface area (Å²) < 4.78 is 11.3. The molecule has 0 aromatic heterocycles. The number of nitrogens with two attached hydrogens (primary N) is 1. The average Bonchev–Trinajstić information content (AvgIpc) is 2.47. The van der Waals surface area contributed by atoms with E-state index < -0.39 is 0 Å². The van der Waals surface area contributed by atoms with Crippen molar-refractivity contribution in [3.63, 3.8) is 0 Å². The fourth-order valence-corrected chi connectivity index (χ4v) is 3.14. The molecule has 1 aromatic carbocycles. The molecule has 2 aliphatic heterocycles. The van der Waals surface area contributed by atoms with Crippen LogP contribution in [-0.2, 0) is 9.53 Å². The van der Waals surface area contributed by atoms with E-state index in [4.69, 9.17) is 15.2 Å². The van der Waals surface area contributed by atoms with E-state index in [-0.39, 0.29) is 12.2 Å². The number of nitrogen functional groups attached to an aromatic ring is 1. The Morgan fingerprint density at radius 3 is 2.67 bits per heavy atom. The molecule has 2 unspecified atom stereocenters. The zero-order valence-electron chi connectivity index (χ0n) is 12.2. The van der Waals surface area contributed by atoms with E-state index >= 15 is 0 Å². The maximum Gasteiger partial charge on any atom is 0.143 e. The van der Waals surface area contributed by atoms with Crippen LogP contribution in [0.15, 0.2) is 18.2 Å². The van der Waals surface area contributed by atoms with Gasteiger partial charge >= 0.3 is 0 Å². The van der Waals surface area contributed by atoms with Crippen LogP contribution in [0.25, 0.3) is 0 Å². The van der Waals surface area contributed by atoms with Crippen molar-refractivity contribution in [1.29, 1.82) is 0 Å². The van der Waals surface area contributed by atoms with E-state index in [1.807, 2.05) is 18.2 Å². The largest absolute Gasteiger partial charge is 0.495 e. The molecule has 0 saturated carbocycles. The van der Waals surface area contributed by atoms with E-state index in [2.05, 4.69) is 9.80 Å². The maximum atomic E-state index is 10.7. The SMILES string of the molecule is COc1cc(N2CC3CN(CC=O)CC(C2)O3)ccc1N. The molecular formula is C15H21N3O3. The fraction of sp³-hybridized carbons (Fsp3) is 0.533.